The highest BCUT2D eigenvalue weighted by Crippen LogP contribution is 2.23. The molecule has 1 aromatic heterocycles. The molecule has 1 fully saturated rings. The number of benzene rings is 1. The number of methoxy groups -OCH3 is 1. The van der Waals surface area contributed by atoms with E-state index >= 15 is 0 Å². The second kappa shape index (κ2) is 8.93. The van der Waals surface area contributed by atoms with Crippen molar-refractivity contribution in [3.8, 4) is 5.75 Å². The van der Waals surface area contributed by atoms with Gasteiger partial charge in [0.15, 0.2) is 0 Å². The van der Waals surface area contributed by atoms with Crippen LogP contribution >= 0.6 is 0 Å². The van der Waals surface area contributed by atoms with Crippen LogP contribution in [0.15, 0.2) is 30.3 Å². The molecule has 1 N–H and O–H groups in total. The first-order chi connectivity index (χ1) is 13.0. The summed E-state index contributed by atoms with van der Waals surface area (Å²) >= 11 is 0. The molecule has 0 radical (unpaired) electrons. The summed E-state index contributed by atoms with van der Waals surface area (Å²) in [5.41, 5.74) is 2.25. The highest BCUT2D eigenvalue weighted by atomic mass is 16.5. The van der Waals surface area contributed by atoms with Crippen LogP contribution in [0.5, 0.6) is 5.75 Å². The van der Waals surface area contributed by atoms with Crippen LogP contribution in [0, 0.1) is 12.8 Å². The Morgan fingerprint density at radius 2 is 1.70 bits per heavy atom. The maximum Gasteiger partial charge on any atom is 0.224 e. The average molecular weight is 370 g/mol. The van der Waals surface area contributed by atoms with Crippen LogP contribution in [0.25, 0.3) is 0 Å². The van der Waals surface area contributed by atoms with E-state index in [9.17, 15) is 0 Å². The Balaban J connectivity index is 1.60. The number of aromatic nitrogens is 2. The Bertz CT molecular complexity index is 724. The van der Waals surface area contributed by atoms with Gasteiger partial charge in [0.25, 0.3) is 0 Å². The summed E-state index contributed by atoms with van der Waals surface area (Å²) < 4.78 is 5.25. The fourth-order valence-electron chi connectivity index (χ4n) is 3.25. The fourth-order valence-corrected chi connectivity index (χ4v) is 3.25. The van der Waals surface area contributed by atoms with Crippen molar-refractivity contribution in [1.29, 1.82) is 0 Å². The van der Waals surface area contributed by atoms with Gasteiger partial charge < -0.3 is 19.9 Å². The third-order valence-corrected chi connectivity index (χ3v) is 4.89. The van der Waals surface area contributed by atoms with Crippen LogP contribution in [0.3, 0.4) is 0 Å². The van der Waals surface area contributed by atoms with E-state index in [1.165, 1.54) is 5.69 Å². The van der Waals surface area contributed by atoms with Crippen molar-refractivity contribution in [2.45, 2.75) is 27.2 Å². The monoisotopic (exact) mass is 369 g/mol. The molecule has 0 aliphatic carbocycles. The molecule has 146 valence electrons. The summed E-state index contributed by atoms with van der Waals surface area (Å²) in [5.74, 6) is 3.33. The largest absolute Gasteiger partial charge is 0.497 e. The molecule has 6 heteroatoms. The van der Waals surface area contributed by atoms with E-state index in [0.717, 1.165) is 62.4 Å². The second-order valence-corrected chi connectivity index (χ2v) is 7.47. The Labute approximate surface area is 162 Å². The van der Waals surface area contributed by atoms with Crippen molar-refractivity contribution in [2.75, 3.05) is 55.0 Å². The van der Waals surface area contributed by atoms with Gasteiger partial charge in [-0.25, -0.2) is 4.98 Å². The maximum atomic E-state index is 5.25. The van der Waals surface area contributed by atoms with E-state index in [0.29, 0.717) is 5.92 Å². The first kappa shape index (κ1) is 19.3. The molecule has 0 atom stereocenters. The van der Waals surface area contributed by atoms with Gasteiger partial charge in [0.05, 0.1) is 7.11 Å². The van der Waals surface area contributed by atoms with Gasteiger partial charge in [-0.1, -0.05) is 13.8 Å². The lowest BCUT2D eigenvalue weighted by Crippen LogP contribution is -2.46. The maximum absolute atomic E-state index is 5.25. The van der Waals surface area contributed by atoms with Gasteiger partial charge in [-0.05, 0) is 43.5 Å². The van der Waals surface area contributed by atoms with Gasteiger partial charge in [0.1, 0.15) is 11.6 Å². The average Bonchev–Trinajstić information content (AvgIpc) is 2.67. The van der Waals surface area contributed by atoms with Crippen molar-refractivity contribution in [3.05, 3.63) is 36.0 Å². The summed E-state index contributed by atoms with van der Waals surface area (Å²) in [6.07, 6.45) is 1.12. The van der Waals surface area contributed by atoms with E-state index in [1.54, 1.807) is 7.11 Å². The minimum atomic E-state index is 0.674. The summed E-state index contributed by atoms with van der Waals surface area (Å²) in [5, 5.41) is 3.37. The van der Waals surface area contributed by atoms with Crippen molar-refractivity contribution >= 4 is 17.5 Å². The number of nitrogens with zero attached hydrogens (tertiary/aromatic N) is 4. The number of aryl methyl sites for hydroxylation is 1. The molecular weight excluding hydrogens is 338 g/mol. The van der Waals surface area contributed by atoms with E-state index < -0.39 is 0 Å². The lowest BCUT2D eigenvalue weighted by Gasteiger charge is -2.37. The normalized spacial score (nSPS) is 14.6. The predicted molar refractivity (Wildman–Crippen MR) is 112 cm³/mol. The van der Waals surface area contributed by atoms with Gasteiger partial charge in [0.2, 0.25) is 5.95 Å². The molecule has 1 aromatic carbocycles. The highest BCUT2D eigenvalue weighted by molar-refractivity contribution is 5.52. The SMILES string of the molecule is COc1ccc(N2CCN(c3cc(C)nc(NCCC(C)C)n3)CC2)cc1. The second-order valence-electron chi connectivity index (χ2n) is 7.47. The number of rotatable bonds is 7. The summed E-state index contributed by atoms with van der Waals surface area (Å²) in [7, 11) is 1.70. The van der Waals surface area contributed by atoms with Gasteiger partial charge in [-0.2, -0.15) is 4.98 Å². The molecule has 2 aromatic rings. The van der Waals surface area contributed by atoms with Crippen LogP contribution in [0.2, 0.25) is 0 Å². The Morgan fingerprint density at radius 1 is 1.04 bits per heavy atom. The van der Waals surface area contributed by atoms with Crippen LogP contribution in [0.1, 0.15) is 26.0 Å². The third kappa shape index (κ3) is 5.25. The topological polar surface area (TPSA) is 53.5 Å². The first-order valence-electron chi connectivity index (χ1n) is 9.78. The van der Waals surface area contributed by atoms with Crippen LogP contribution in [-0.2, 0) is 0 Å². The number of hydrogen-bond donors (Lipinski definition) is 1. The van der Waals surface area contributed by atoms with E-state index in [2.05, 4.69) is 52.1 Å². The van der Waals surface area contributed by atoms with Crippen molar-refractivity contribution in [2.24, 2.45) is 5.92 Å². The minimum absolute atomic E-state index is 0.674. The molecule has 1 aliphatic heterocycles. The first-order valence-corrected chi connectivity index (χ1v) is 9.78. The molecule has 0 bridgehead atoms. The molecule has 0 spiro atoms. The molecule has 2 heterocycles. The van der Waals surface area contributed by atoms with E-state index in [1.807, 2.05) is 19.1 Å². The van der Waals surface area contributed by atoms with Crippen molar-refractivity contribution in [3.63, 3.8) is 0 Å². The highest BCUT2D eigenvalue weighted by Gasteiger charge is 2.19. The Hall–Kier alpha value is -2.50. The molecule has 6 nitrogen and oxygen atoms in total. The zero-order valence-electron chi connectivity index (χ0n) is 16.9. The van der Waals surface area contributed by atoms with Gasteiger partial charge in [0, 0.05) is 50.2 Å². The van der Waals surface area contributed by atoms with Crippen LogP contribution < -0.4 is 19.9 Å². The predicted octanol–water partition coefficient (Wildman–Crippen LogP) is 3.58. The number of piperazine rings is 1. The number of ether oxygens (including phenoxy) is 1. The summed E-state index contributed by atoms with van der Waals surface area (Å²) in [6.45, 7) is 11.3. The quantitative estimate of drug-likeness (QED) is 0.805. The van der Waals surface area contributed by atoms with E-state index in [4.69, 9.17) is 9.72 Å². The lowest BCUT2D eigenvalue weighted by molar-refractivity contribution is 0.415. The van der Waals surface area contributed by atoms with Gasteiger partial charge in [-0.3, -0.25) is 0 Å². The molecular formula is C21H31N5O. The van der Waals surface area contributed by atoms with Crippen molar-refractivity contribution < 1.29 is 4.74 Å². The molecule has 0 amide bonds. The Kier molecular flexibility index (Phi) is 6.37. The fraction of sp³-hybridized carbons (Fsp3) is 0.524. The zero-order valence-corrected chi connectivity index (χ0v) is 16.9. The number of hydrogen-bond acceptors (Lipinski definition) is 6. The van der Waals surface area contributed by atoms with Gasteiger partial charge >= 0.3 is 0 Å². The molecule has 0 saturated carbocycles. The molecule has 3 rings (SSSR count). The summed E-state index contributed by atoms with van der Waals surface area (Å²) in [4.78, 5) is 14.0. The number of anilines is 3. The Morgan fingerprint density at radius 3 is 2.33 bits per heavy atom. The van der Waals surface area contributed by atoms with E-state index in [-0.39, 0.29) is 0 Å². The van der Waals surface area contributed by atoms with Crippen molar-refractivity contribution in [1.82, 2.24) is 9.97 Å². The molecule has 1 saturated heterocycles. The zero-order chi connectivity index (χ0) is 19.2. The van der Waals surface area contributed by atoms with Crippen LogP contribution in [0.4, 0.5) is 17.5 Å². The molecule has 27 heavy (non-hydrogen) atoms. The lowest BCUT2D eigenvalue weighted by atomic mass is 10.1. The molecule has 0 unspecified atom stereocenters. The molecule has 1 aliphatic rings. The van der Waals surface area contributed by atoms with Crippen LogP contribution in [-0.4, -0.2) is 49.8 Å². The van der Waals surface area contributed by atoms with Gasteiger partial charge in [-0.15, -0.1) is 0 Å². The third-order valence-electron chi connectivity index (χ3n) is 4.89. The smallest absolute Gasteiger partial charge is 0.224 e. The number of nitrogens with one attached hydrogen (secondary N) is 1. The minimum Gasteiger partial charge on any atom is -0.497 e. The summed E-state index contributed by atoms with van der Waals surface area (Å²) in [6, 6.07) is 10.4. The standard InChI is InChI=1S/C21H31N5O/c1-16(2)9-10-22-21-23-17(3)15-20(24-21)26-13-11-25(12-14-26)18-5-7-19(27-4)8-6-18/h5-8,15-16H,9-14H2,1-4H3,(H,22,23,24).